The van der Waals surface area contributed by atoms with E-state index in [2.05, 4.69) is 20.1 Å². The van der Waals surface area contributed by atoms with Gasteiger partial charge in [-0.25, -0.2) is 4.39 Å². The van der Waals surface area contributed by atoms with Crippen molar-refractivity contribution >= 4 is 0 Å². The summed E-state index contributed by atoms with van der Waals surface area (Å²) < 4.78 is 15.9. The van der Waals surface area contributed by atoms with Gasteiger partial charge in [0.2, 0.25) is 0 Å². The van der Waals surface area contributed by atoms with E-state index in [0.717, 1.165) is 17.1 Å². The van der Waals surface area contributed by atoms with Gasteiger partial charge in [0.1, 0.15) is 17.2 Å². The fourth-order valence-corrected chi connectivity index (χ4v) is 2.85. The highest BCUT2D eigenvalue weighted by Crippen LogP contribution is 2.28. The minimum Gasteiger partial charge on any atom is -0.262 e. The van der Waals surface area contributed by atoms with Crippen molar-refractivity contribution in [1.82, 2.24) is 24.7 Å². The van der Waals surface area contributed by atoms with Crippen molar-refractivity contribution in [2.45, 2.75) is 13.0 Å². The van der Waals surface area contributed by atoms with Gasteiger partial charge in [-0.05, 0) is 30.7 Å². The maximum absolute atomic E-state index is 14.1. The molecular weight excluding hydrogens is 317 g/mol. The van der Waals surface area contributed by atoms with Gasteiger partial charge in [-0.2, -0.15) is 5.10 Å². The lowest BCUT2D eigenvalue weighted by Crippen LogP contribution is -2.15. The molecule has 0 aromatic carbocycles. The minimum atomic E-state index is -0.225. The summed E-state index contributed by atoms with van der Waals surface area (Å²) in [7, 11) is 0. The Hall–Kier alpha value is -3.15. The Morgan fingerprint density at radius 1 is 1.08 bits per heavy atom. The van der Waals surface area contributed by atoms with Crippen LogP contribution in [-0.4, -0.2) is 24.7 Å². The van der Waals surface area contributed by atoms with Gasteiger partial charge in [-0.3, -0.25) is 19.6 Å². The number of halogens is 1. The van der Waals surface area contributed by atoms with Crippen LogP contribution in [-0.2, 0) is 6.54 Å². The first-order valence-corrected chi connectivity index (χ1v) is 8.09. The number of nitrogens with zero attached hydrogens (tertiary/aromatic N) is 5. The molecule has 0 saturated heterocycles. The number of aromatic nitrogens is 5. The summed E-state index contributed by atoms with van der Waals surface area (Å²) in [6, 6.07) is 7.60. The summed E-state index contributed by atoms with van der Waals surface area (Å²) in [6.07, 6.45) is 12.6. The lowest BCUT2D eigenvalue weighted by Gasteiger charge is -2.17. The normalized spacial score (nSPS) is 16.7. The summed E-state index contributed by atoms with van der Waals surface area (Å²) in [4.78, 5) is 12.8. The van der Waals surface area contributed by atoms with Crippen molar-refractivity contribution in [2.75, 3.05) is 0 Å². The number of pyridine rings is 1. The molecule has 124 valence electrons. The number of hydrogen-bond acceptors (Lipinski definition) is 4. The molecule has 0 spiro atoms. The van der Waals surface area contributed by atoms with Crippen molar-refractivity contribution in [3.05, 3.63) is 73.1 Å². The zero-order valence-corrected chi connectivity index (χ0v) is 13.5. The van der Waals surface area contributed by atoms with Crippen LogP contribution in [0.3, 0.4) is 0 Å². The van der Waals surface area contributed by atoms with Gasteiger partial charge in [-0.1, -0.05) is 18.2 Å². The van der Waals surface area contributed by atoms with Crippen LogP contribution in [0.4, 0.5) is 4.39 Å². The summed E-state index contributed by atoms with van der Waals surface area (Å²) in [5, 5.41) is 4.65. The van der Waals surface area contributed by atoms with E-state index >= 15 is 0 Å². The molecule has 3 aromatic heterocycles. The Morgan fingerprint density at radius 2 is 2.00 bits per heavy atom. The van der Waals surface area contributed by atoms with Crippen LogP contribution in [0.25, 0.3) is 22.8 Å². The molecule has 4 rings (SSSR count). The fourth-order valence-electron chi connectivity index (χ4n) is 2.85. The lowest BCUT2D eigenvalue weighted by atomic mass is 9.99. The highest BCUT2D eigenvalue weighted by atomic mass is 19.1. The van der Waals surface area contributed by atoms with Gasteiger partial charge in [-0.15, -0.1) is 0 Å². The third-order valence-electron chi connectivity index (χ3n) is 4.13. The molecule has 1 unspecified atom stereocenters. The molecule has 6 heteroatoms. The van der Waals surface area contributed by atoms with Gasteiger partial charge in [0, 0.05) is 24.5 Å². The van der Waals surface area contributed by atoms with E-state index in [-0.39, 0.29) is 11.7 Å². The molecule has 25 heavy (non-hydrogen) atoms. The molecule has 5 nitrogen and oxygen atoms in total. The number of rotatable bonds is 4. The van der Waals surface area contributed by atoms with Gasteiger partial charge in [0.25, 0.3) is 0 Å². The van der Waals surface area contributed by atoms with Crippen molar-refractivity contribution in [3.8, 4) is 22.8 Å². The highest BCUT2D eigenvalue weighted by Gasteiger charge is 2.20. The first-order chi connectivity index (χ1) is 12.3. The van der Waals surface area contributed by atoms with E-state index in [1.54, 1.807) is 35.5 Å². The summed E-state index contributed by atoms with van der Waals surface area (Å²) >= 11 is 0. The molecule has 1 atom stereocenters. The Bertz CT molecular complexity index is 916. The second kappa shape index (κ2) is 6.76. The average Bonchev–Trinajstić information content (AvgIpc) is 3.09. The second-order valence-electron chi connectivity index (χ2n) is 5.81. The third kappa shape index (κ3) is 3.24. The van der Waals surface area contributed by atoms with Crippen molar-refractivity contribution in [2.24, 2.45) is 5.92 Å². The zero-order valence-electron chi connectivity index (χ0n) is 13.5. The first-order valence-electron chi connectivity index (χ1n) is 8.09. The van der Waals surface area contributed by atoms with Gasteiger partial charge in [0.15, 0.2) is 0 Å². The fraction of sp³-hybridized carbons (Fsp3) is 0.158. The van der Waals surface area contributed by atoms with Gasteiger partial charge >= 0.3 is 0 Å². The van der Waals surface area contributed by atoms with E-state index in [0.29, 0.717) is 18.7 Å². The van der Waals surface area contributed by atoms with Crippen molar-refractivity contribution < 1.29 is 4.39 Å². The van der Waals surface area contributed by atoms with Crippen molar-refractivity contribution in [1.29, 1.82) is 0 Å². The lowest BCUT2D eigenvalue weighted by molar-refractivity contribution is 0.396. The van der Waals surface area contributed by atoms with Gasteiger partial charge in [0.05, 0.1) is 24.1 Å². The van der Waals surface area contributed by atoms with Crippen LogP contribution in [0, 0.1) is 5.92 Å². The second-order valence-corrected chi connectivity index (χ2v) is 5.81. The standard InChI is InChI=1S/C19H16FN5/c20-15-6-2-1-5-14(15)13-25-19(18-12-21-9-10-23-18)11-17(24-25)16-7-3-4-8-22-16/h1-4,6-12,14H,5,13H2. The van der Waals surface area contributed by atoms with Crippen LogP contribution in [0.15, 0.2) is 73.1 Å². The third-order valence-corrected chi connectivity index (χ3v) is 4.13. The smallest absolute Gasteiger partial charge is 0.111 e. The Kier molecular flexibility index (Phi) is 4.16. The summed E-state index contributed by atoms with van der Waals surface area (Å²) in [5.74, 6) is -0.348. The molecular formula is C19H16FN5. The van der Waals surface area contributed by atoms with E-state index in [1.165, 1.54) is 6.08 Å². The molecule has 1 aliphatic carbocycles. The molecule has 1 aliphatic rings. The molecule has 0 N–H and O–H groups in total. The molecule has 0 amide bonds. The van der Waals surface area contributed by atoms with E-state index in [4.69, 9.17) is 0 Å². The van der Waals surface area contributed by atoms with Crippen LogP contribution in [0.5, 0.6) is 0 Å². The molecule has 0 fully saturated rings. The first kappa shape index (κ1) is 15.4. The highest BCUT2D eigenvalue weighted by molar-refractivity contribution is 5.63. The maximum Gasteiger partial charge on any atom is 0.111 e. The van der Waals surface area contributed by atoms with E-state index in [1.807, 2.05) is 30.3 Å². The molecule has 0 bridgehead atoms. The van der Waals surface area contributed by atoms with Crippen LogP contribution in [0.1, 0.15) is 6.42 Å². The predicted octanol–water partition coefficient (Wildman–Crippen LogP) is 3.83. The minimum absolute atomic E-state index is 0.123. The van der Waals surface area contributed by atoms with Gasteiger partial charge < -0.3 is 0 Å². The monoisotopic (exact) mass is 333 g/mol. The van der Waals surface area contributed by atoms with E-state index < -0.39 is 0 Å². The largest absolute Gasteiger partial charge is 0.262 e. The van der Waals surface area contributed by atoms with Crippen LogP contribution in [0.2, 0.25) is 0 Å². The maximum atomic E-state index is 14.1. The van der Waals surface area contributed by atoms with E-state index in [9.17, 15) is 4.39 Å². The molecule has 0 saturated carbocycles. The average molecular weight is 333 g/mol. The zero-order chi connectivity index (χ0) is 17.1. The number of allylic oxidation sites excluding steroid dienone is 4. The molecule has 0 radical (unpaired) electrons. The van der Waals surface area contributed by atoms with Crippen LogP contribution < -0.4 is 0 Å². The van der Waals surface area contributed by atoms with Crippen molar-refractivity contribution in [3.63, 3.8) is 0 Å². The quantitative estimate of drug-likeness (QED) is 0.728. The Balaban J connectivity index is 1.75. The topological polar surface area (TPSA) is 56.5 Å². The summed E-state index contributed by atoms with van der Waals surface area (Å²) in [5.41, 5.74) is 3.01. The SMILES string of the molecule is FC1=CC=CCC1Cn1nc(-c2ccccn2)cc1-c1cnccn1. The van der Waals surface area contributed by atoms with Crippen LogP contribution >= 0.6 is 0 Å². The number of hydrogen-bond donors (Lipinski definition) is 0. The predicted molar refractivity (Wildman–Crippen MR) is 92.9 cm³/mol. The molecule has 0 aliphatic heterocycles. The summed E-state index contributed by atoms with van der Waals surface area (Å²) in [6.45, 7) is 0.436. The Morgan fingerprint density at radius 3 is 2.76 bits per heavy atom. The Labute approximate surface area is 144 Å². The molecule has 3 heterocycles. The molecule has 3 aromatic rings.